The molecule has 1 N–H and O–H groups in total. The first-order chi connectivity index (χ1) is 9.76. The summed E-state index contributed by atoms with van der Waals surface area (Å²) in [5, 5.41) is 11.5. The summed E-state index contributed by atoms with van der Waals surface area (Å²) >= 11 is 0. The van der Waals surface area contributed by atoms with Gasteiger partial charge in [-0.15, -0.1) is 0 Å². The molecule has 108 valence electrons. The molecule has 0 radical (unpaired) electrons. The third kappa shape index (κ3) is 6.91. The highest BCUT2D eigenvalue weighted by molar-refractivity contribution is 5.90. The zero-order chi connectivity index (χ0) is 14.6. The minimum atomic E-state index is -0.0892. The number of amides is 1. The highest BCUT2D eigenvalue weighted by Gasteiger charge is 2.03. The number of benzene rings is 1. The van der Waals surface area contributed by atoms with Crippen LogP contribution in [0.15, 0.2) is 24.3 Å². The number of hydrogen-bond donors (Lipinski definition) is 1. The van der Waals surface area contributed by atoms with Crippen molar-refractivity contribution in [3.63, 3.8) is 0 Å². The molecule has 1 aromatic carbocycles. The highest BCUT2D eigenvalue weighted by atomic mass is 16.5. The van der Waals surface area contributed by atoms with Gasteiger partial charge >= 0.3 is 0 Å². The Hall–Kier alpha value is -1.86. The quantitative estimate of drug-likeness (QED) is 0.701. The van der Waals surface area contributed by atoms with E-state index in [1.807, 2.05) is 6.07 Å². The van der Waals surface area contributed by atoms with E-state index in [1.54, 1.807) is 24.3 Å². The minimum absolute atomic E-state index is 0.0892. The Labute approximate surface area is 120 Å². The first kappa shape index (κ1) is 16.2. The predicted molar refractivity (Wildman–Crippen MR) is 79.4 cm³/mol. The minimum Gasteiger partial charge on any atom is -0.381 e. The maximum Gasteiger partial charge on any atom is 0.226 e. The molecule has 1 aromatic rings. The Morgan fingerprint density at radius 1 is 1.30 bits per heavy atom. The van der Waals surface area contributed by atoms with Gasteiger partial charge in [-0.1, -0.05) is 32.3 Å². The van der Waals surface area contributed by atoms with Crippen molar-refractivity contribution in [2.24, 2.45) is 0 Å². The van der Waals surface area contributed by atoms with Crippen LogP contribution in [0.4, 0.5) is 5.69 Å². The number of unbranched alkanes of at least 4 members (excludes halogenated alkanes) is 3. The van der Waals surface area contributed by atoms with E-state index in [9.17, 15) is 4.79 Å². The molecule has 0 bridgehead atoms. The number of anilines is 1. The predicted octanol–water partition coefficient (Wildman–Crippen LogP) is 3.48. The van der Waals surface area contributed by atoms with Crippen molar-refractivity contribution in [2.75, 3.05) is 18.5 Å². The summed E-state index contributed by atoms with van der Waals surface area (Å²) in [6.45, 7) is 3.33. The largest absolute Gasteiger partial charge is 0.381 e. The van der Waals surface area contributed by atoms with Gasteiger partial charge in [-0.25, -0.2) is 0 Å². The van der Waals surface area contributed by atoms with E-state index >= 15 is 0 Å². The lowest BCUT2D eigenvalue weighted by atomic mass is 10.2. The summed E-state index contributed by atoms with van der Waals surface area (Å²) in [4.78, 5) is 11.7. The Morgan fingerprint density at radius 3 is 2.90 bits per heavy atom. The molecule has 20 heavy (non-hydrogen) atoms. The standard InChI is InChI=1S/C16H22N2O2/c1-2-3-4-5-10-20-11-9-16(19)18-15-8-6-7-14(12-15)13-17/h6-8,12H,2-5,9-11H2,1H3,(H,18,19). The number of nitrogens with zero attached hydrogens (tertiary/aromatic N) is 1. The Kier molecular flexibility index (Phi) is 8.09. The van der Waals surface area contributed by atoms with E-state index in [0.717, 1.165) is 13.0 Å². The molecule has 0 unspecified atom stereocenters. The lowest BCUT2D eigenvalue weighted by molar-refractivity contribution is -0.117. The van der Waals surface area contributed by atoms with Gasteiger partial charge in [0.25, 0.3) is 0 Å². The molecule has 0 spiro atoms. The van der Waals surface area contributed by atoms with Gasteiger partial charge in [0, 0.05) is 12.3 Å². The zero-order valence-electron chi connectivity index (χ0n) is 12.0. The summed E-state index contributed by atoms with van der Waals surface area (Å²) in [5.74, 6) is -0.0892. The van der Waals surface area contributed by atoms with Crippen molar-refractivity contribution < 1.29 is 9.53 Å². The van der Waals surface area contributed by atoms with Crippen molar-refractivity contribution in [3.05, 3.63) is 29.8 Å². The summed E-state index contributed by atoms with van der Waals surface area (Å²) < 4.78 is 5.42. The lowest BCUT2D eigenvalue weighted by Gasteiger charge is -2.06. The van der Waals surface area contributed by atoms with Crippen molar-refractivity contribution in [3.8, 4) is 6.07 Å². The molecule has 0 fully saturated rings. The van der Waals surface area contributed by atoms with Gasteiger partial charge in [0.05, 0.1) is 24.7 Å². The molecule has 4 heteroatoms. The van der Waals surface area contributed by atoms with Crippen LogP contribution in [0.25, 0.3) is 0 Å². The third-order valence-corrected chi connectivity index (χ3v) is 2.89. The highest BCUT2D eigenvalue weighted by Crippen LogP contribution is 2.10. The van der Waals surface area contributed by atoms with Crippen molar-refractivity contribution in [1.82, 2.24) is 0 Å². The van der Waals surface area contributed by atoms with Crippen LogP contribution in [0.3, 0.4) is 0 Å². The van der Waals surface area contributed by atoms with Crippen molar-refractivity contribution in [1.29, 1.82) is 5.26 Å². The van der Waals surface area contributed by atoms with E-state index in [-0.39, 0.29) is 5.91 Å². The maximum absolute atomic E-state index is 11.7. The molecule has 0 aromatic heterocycles. The van der Waals surface area contributed by atoms with Gasteiger partial charge in [-0.2, -0.15) is 5.26 Å². The number of carbonyl (C=O) groups is 1. The molecule has 0 aliphatic rings. The normalized spacial score (nSPS) is 10.0. The van der Waals surface area contributed by atoms with Gasteiger partial charge in [-0.05, 0) is 24.6 Å². The van der Waals surface area contributed by atoms with Crippen LogP contribution in [-0.2, 0) is 9.53 Å². The summed E-state index contributed by atoms with van der Waals surface area (Å²) in [5.41, 5.74) is 1.19. The van der Waals surface area contributed by atoms with Gasteiger partial charge in [0.15, 0.2) is 0 Å². The Morgan fingerprint density at radius 2 is 2.15 bits per heavy atom. The number of nitrogens with one attached hydrogen (secondary N) is 1. The number of rotatable bonds is 9. The van der Waals surface area contributed by atoms with Gasteiger partial charge in [0.2, 0.25) is 5.91 Å². The number of nitriles is 1. The van der Waals surface area contributed by atoms with Gasteiger partial charge in [0.1, 0.15) is 0 Å². The van der Waals surface area contributed by atoms with Crippen LogP contribution in [-0.4, -0.2) is 19.1 Å². The molecule has 1 rings (SSSR count). The molecule has 0 atom stereocenters. The SMILES string of the molecule is CCCCCCOCCC(=O)Nc1cccc(C#N)c1. The van der Waals surface area contributed by atoms with E-state index in [4.69, 9.17) is 10.00 Å². The molecular weight excluding hydrogens is 252 g/mol. The fourth-order valence-corrected chi connectivity index (χ4v) is 1.79. The van der Waals surface area contributed by atoms with Gasteiger partial charge in [-0.3, -0.25) is 4.79 Å². The molecule has 0 aliphatic carbocycles. The van der Waals surface area contributed by atoms with Crippen LogP contribution >= 0.6 is 0 Å². The van der Waals surface area contributed by atoms with Crippen molar-refractivity contribution in [2.45, 2.75) is 39.0 Å². The van der Waals surface area contributed by atoms with Gasteiger partial charge < -0.3 is 10.1 Å². The average molecular weight is 274 g/mol. The molecule has 0 aliphatic heterocycles. The second-order valence-electron chi connectivity index (χ2n) is 4.66. The van der Waals surface area contributed by atoms with Crippen LogP contribution in [0.2, 0.25) is 0 Å². The molecule has 0 saturated heterocycles. The molecule has 1 amide bonds. The molecule has 4 nitrogen and oxygen atoms in total. The Bertz CT molecular complexity index is 452. The third-order valence-electron chi connectivity index (χ3n) is 2.89. The fraction of sp³-hybridized carbons (Fsp3) is 0.500. The average Bonchev–Trinajstić information content (AvgIpc) is 2.46. The van der Waals surface area contributed by atoms with Crippen LogP contribution in [0.1, 0.15) is 44.6 Å². The van der Waals surface area contributed by atoms with Crippen LogP contribution in [0, 0.1) is 11.3 Å². The second kappa shape index (κ2) is 9.99. The zero-order valence-corrected chi connectivity index (χ0v) is 12.0. The van der Waals surface area contributed by atoms with E-state index in [0.29, 0.717) is 24.3 Å². The summed E-state index contributed by atoms with van der Waals surface area (Å²) in [6.07, 6.45) is 5.02. The second-order valence-corrected chi connectivity index (χ2v) is 4.66. The number of ether oxygens (including phenoxy) is 1. The molecule has 0 heterocycles. The molecule has 0 saturated carbocycles. The van der Waals surface area contributed by atoms with Crippen molar-refractivity contribution >= 4 is 11.6 Å². The van der Waals surface area contributed by atoms with E-state index in [1.165, 1.54) is 19.3 Å². The Balaban J connectivity index is 2.15. The first-order valence-corrected chi connectivity index (χ1v) is 7.14. The smallest absolute Gasteiger partial charge is 0.226 e. The number of carbonyl (C=O) groups excluding carboxylic acids is 1. The summed E-state index contributed by atoms with van der Waals surface area (Å²) in [6, 6.07) is 8.92. The maximum atomic E-state index is 11.7. The van der Waals surface area contributed by atoms with E-state index in [2.05, 4.69) is 12.2 Å². The fourth-order valence-electron chi connectivity index (χ4n) is 1.79. The number of hydrogen-bond acceptors (Lipinski definition) is 3. The van der Waals surface area contributed by atoms with Crippen LogP contribution < -0.4 is 5.32 Å². The van der Waals surface area contributed by atoms with Crippen LogP contribution in [0.5, 0.6) is 0 Å². The monoisotopic (exact) mass is 274 g/mol. The lowest BCUT2D eigenvalue weighted by Crippen LogP contribution is -2.14. The topological polar surface area (TPSA) is 62.1 Å². The van der Waals surface area contributed by atoms with E-state index < -0.39 is 0 Å². The molecular formula is C16H22N2O2. The first-order valence-electron chi connectivity index (χ1n) is 7.14. The summed E-state index contributed by atoms with van der Waals surface area (Å²) in [7, 11) is 0.